The van der Waals surface area contributed by atoms with Crippen LogP contribution in [0.25, 0.3) is 55.4 Å². The first-order chi connectivity index (χ1) is 33.7. The summed E-state index contributed by atoms with van der Waals surface area (Å²) in [5, 5.41) is 81.8. The Balaban J connectivity index is 1.24. The molecule has 17 nitrogen and oxygen atoms in total. The van der Waals surface area contributed by atoms with Gasteiger partial charge in [0.1, 0.15) is 48.8 Å². The van der Waals surface area contributed by atoms with E-state index in [-0.39, 0.29) is 13.2 Å². The average Bonchev–Trinajstić information content (AvgIpc) is 4.13. The number of ether oxygens (including phenoxy) is 4. The molecule has 8 heterocycles. The Hall–Kier alpha value is -4.60. The van der Waals surface area contributed by atoms with Crippen molar-refractivity contribution in [2.45, 2.75) is 161 Å². The zero-order valence-electron chi connectivity index (χ0n) is 41.3. The number of nitrogens with zero attached hydrogens (tertiary/aromatic N) is 2. The highest BCUT2D eigenvalue weighted by molar-refractivity contribution is 5.98. The standard InChI is InChI=1S/C53H71N5O12/c1-8-30-26(6)44-45-27(7)31(9-2)38(58-45)20-35-25(5)34(15-13-17-68-53-51(66)49(64)47(62)43(24-60)70-53)41(55-35)22-40-33(11-4)32(10-3)39(56-40)21-36-28(18-29(54-36)19-37(30)57-44)14-12-16-67-52-50(65)48(63)46(61)42(23-59)69-52/h18-22,42-43,46-54,56-57,59-66H,8-17,23-24H2,1-7H3/t42-,43-,46-,47-,48+,49+,50-,51-,52+,53+/m1/s1. The third-order valence-corrected chi connectivity index (χ3v) is 14.6. The summed E-state index contributed by atoms with van der Waals surface area (Å²) in [7, 11) is 0. The Kier molecular flexibility index (Phi) is 16.3. The molecule has 17 heteroatoms. The van der Waals surface area contributed by atoms with Gasteiger partial charge in [-0.05, 0) is 153 Å². The zero-order valence-corrected chi connectivity index (χ0v) is 41.3. The van der Waals surface area contributed by atoms with Crippen molar-refractivity contribution in [1.82, 2.24) is 24.9 Å². The number of nitrogens with one attached hydrogen (secondary N) is 3. The van der Waals surface area contributed by atoms with Gasteiger partial charge in [0.15, 0.2) is 12.6 Å². The molecule has 0 aromatic carbocycles. The summed E-state index contributed by atoms with van der Waals surface area (Å²) in [5.74, 6) is 0. The van der Waals surface area contributed by atoms with E-state index >= 15 is 0 Å². The number of aliphatic hydroxyl groups excluding tert-OH is 8. The minimum absolute atomic E-state index is 0.162. The van der Waals surface area contributed by atoms with Crippen LogP contribution in [0.2, 0.25) is 0 Å². The summed E-state index contributed by atoms with van der Waals surface area (Å²) in [6.45, 7) is 14.2. The Bertz CT molecular complexity index is 2810. The third kappa shape index (κ3) is 9.96. The summed E-state index contributed by atoms with van der Waals surface area (Å²) >= 11 is 0. The van der Waals surface area contributed by atoms with Gasteiger partial charge in [0.2, 0.25) is 0 Å². The van der Waals surface area contributed by atoms with Gasteiger partial charge in [0.25, 0.3) is 0 Å². The maximum atomic E-state index is 10.6. The molecule has 4 aliphatic heterocycles. The van der Waals surface area contributed by atoms with E-state index in [0.29, 0.717) is 25.7 Å². The van der Waals surface area contributed by atoms with Crippen molar-refractivity contribution in [3.05, 3.63) is 80.9 Å². The van der Waals surface area contributed by atoms with Crippen molar-refractivity contribution >= 4 is 55.4 Å². The van der Waals surface area contributed by atoms with E-state index in [4.69, 9.17) is 28.9 Å². The number of aromatic amines is 3. The predicted octanol–water partition coefficient (Wildman–Crippen LogP) is 4.97. The Labute approximate surface area is 407 Å². The van der Waals surface area contributed by atoms with Crippen LogP contribution in [0.5, 0.6) is 0 Å². The van der Waals surface area contributed by atoms with Crippen LogP contribution in [0.1, 0.15) is 118 Å². The third-order valence-electron chi connectivity index (χ3n) is 14.6. The number of H-pyrrole nitrogens is 3. The molecular weight excluding hydrogens is 899 g/mol. The zero-order chi connectivity index (χ0) is 50.1. The first-order valence-corrected chi connectivity index (χ1v) is 24.9. The van der Waals surface area contributed by atoms with E-state index in [2.05, 4.69) is 93.7 Å². The molecule has 0 unspecified atom stereocenters. The summed E-state index contributed by atoms with van der Waals surface area (Å²) in [6.07, 6.45) is -8.22. The second-order valence-electron chi connectivity index (χ2n) is 18.9. The van der Waals surface area contributed by atoms with Crippen molar-refractivity contribution in [1.29, 1.82) is 0 Å². The number of aromatic nitrogens is 5. The molecule has 2 fully saturated rings. The molecule has 0 radical (unpaired) electrons. The van der Waals surface area contributed by atoms with Gasteiger partial charge < -0.3 is 74.8 Å². The van der Waals surface area contributed by atoms with Crippen molar-refractivity contribution in [2.75, 3.05) is 26.4 Å². The fourth-order valence-electron chi connectivity index (χ4n) is 10.6. The maximum Gasteiger partial charge on any atom is 0.186 e. The Morgan fingerprint density at radius 2 is 1.09 bits per heavy atom. The minimum atomic E-state index is -1.53. The molecule has 4 aromatic rings. The van der Waals surface area contributed by atoms with Crippen molar-refractivity contribution in [2.24, 2.45) is 0 Å². The predicted molar refractivity (Wildman–Crippen MR) is 267 cm³/mol. The lowest BCUT2D eigenvalue weighted by molar-refractivity contribution is -0.301. The Morgan fingerprint density at radius 3 is 1.66 bits per heavy atom. The molecule has 70 heavy (non-hydrogen) atoms. The first kappa shape index (κ1) is 51.7. The number of rotatable bonds is 16. The summed E-state index contributed by atoms with van der Waals surface area (Å²) in [4.78, 5) is 21.9. The van der Waals surface area contributed by atoms with Crippen molar-refractivity contribution < 1.29 is 59.8 Å². The van der Waals surface area contributed by atoms with E-state index < -0.39 is 74.6 Å². The minimum Gasteiger partial charge on any atom is -0.394 e. The Morgan fingerprint density at radius 1 is 0.529 bits per heavy atom. The lowest BCUT2D eigenvalue weighted by atomic mass is 9.99. The SMILES string of the molecule is CCC1=C(C)c2nc1cc1nc(cc3[nH]c(cc4[nH]c(cc4CCCO[C@H]4O[C@H](CO)[C@@H](O)[C@H](O)[C@H]4O)cc4[nH]c2c(C)c4CC)c(CC)c3CC)C(CCCO[C@H]2O[C@H](CO)[C@@H](O)[C@H](O)[C@H]2O)=C1C. The van der Waals surface area contributed by atoms with Gasteiger partial charge >= 0.3 is 0 Å². The molecule has 0 spiro atoms. The molecule has 11 N–H and O–H groups in total. The second kappa shape index (κ2) is 22.0. The molecule has 4 aromatic heterocycles. The van der Waals surface area contributed by atoms with Crippen LogP contribution in [-0.2, 0) is 44.6 Å². The fourth-order valence-corrected chi connectivity index (χ4v) is 10.6. The first-order valence-electron chi connectivity index (χ1n) is 24.9. The van der Waals surface area contributed by atoms with E-state index in [0.717, 1.165) is 115 Å². The number of fused-ring (bicyclic) bond motifs is 11. The van der Waals surface area contributed by atoms with Crippen LogP contribution in [0.4, 0.5) is 0 Å². The van der Waals surface area contributed by atoms with Crippen LogP contribution in [-0.4, -0.2) is 154 Å². The van der Waals surface area contributed by atoms with Gasteiger partial charge in [-0.3, -0.25) is 0 Å². The van der Waals surface area contributed by atoms with E-state index in [1.807, 2.05) is 0 Å². The van der Waals surface area contributed by atoms with Crippen LogP contribution >= 0.6 is 0 Å². The molecule has 10 atom stereocenters. The normalized spacial score (nSPS) is 26.2. The van der Waals surface area contributed by atoms with Gasteiger partial charge in [0, 0.05) is 27.6 Å². The van der Waals surface area contributed by atoms with Crippen LogP contribution in [0.3, 0.4) is 0 Å². The van der Waals surface area contributed by atoms with Crippen molar-refractivity contribution in [3.8, 4) is 0 Å². The quantitative estimate of drug-likeness (QED) is 0.0663. The summed E-state index contributed by atoms with van der Waals surface area (Å²) in [6, 6.07) is 10.7. The fraction of sp³-hybridized carbons (Fsp3) is 0.547. The monoisotopic (exact) mass is 970 g/mol. The lowest BCUT2D eigenvalue weighted by Gasteiger charge is -2.39. The average molecular weight is 970 g/mol. The molecule has 4 aliphatic rings. The number of aliphatic hydroxyl groups is 8. The molecule has 8 rings (SSSR count). The van der Waals surface area contributed by atoms with Crippen LogP contribution in [0, 0.1) is 6.92 Å². The lowest BCUT2D eigenvalue weighted by Crippen LogP contribution is -2.59. The molecule has 2 saturated heterocycles. The molecular formula is C53H71N5O12. The van der Waals surface area contributed by atoms with E-state index in [9.17, 15) is 40.9 Å². The van der Waals surface area contributed by atoms with Gasteiger partial charge in [-0.15, -0.1) is 0 Å². The van der Waals surface area contributed by atoms with Gasteiger partial charge in [-0.25, -0.2) is 9.97 Å². The van der Waals surface area contributed by atoms with Gasteiger partial charge in [-0.1, -0.05) is 27.7 Å². The number of hydrogen-bond acceptors (Lipinski definition) is 14. The molecule has 10 bridgehead atoms. The van der Waals surface area contributed by atoms with E-state index in [1.165, 1.54) is 16.7 Å². The highest BCUT2D eigenvalue weighted by Gasteiger charge is 2.45. The highest BCUT2D eigenvalue weighted by atomic mass is 16.7. The van der Waals surface area contributed by atoms with E-state index in [1.54, 1.807) is 0 Å². The largest absolute Gasteiger partial charge is 0.394 e. The molecule has 0 saturated carbocycles. The van der Waals surface area contributed by atoms with Gasteiger partial charge in [0.05, 0.1) is 54.7 Å². The summed E-state index contributed by atoms with van der Waals surface area (Å²) < 4.78 is 23.0. The summed E-state index contributed by atoms with van der Waals surface area (Å²) in [5.41, 5.74) is 19.0. The topological polar surface area (TPSA) is 272 Å². The number of hydrogen-bond donors (Lipinski definition) is 11. The number of aryl methyl sites for hydroxylation is 5. The van der Waals surface area contributed by atoms with Crippen LogP contribution < -0.4 is 0 Å². The molecule has 0 amide bonds. The van der Waals surface area contributed by atoms with Crippen molar-refractivity contribution in [3.63, 3.8) is 0 Å². The molecule has 380 valence electrons. The number of allylic oxidation sites excluding steroid dienone is 4. The van der Waals surface area contributed by atoms with Crippen LogP contribution in [0.15, 0.2) is 30.3 Å². The second-order valence-corrected chi connectivity index (χ2v) is 18.9. The smallest absolute Gasteiger partial charge is 0.186 e. The maximum absolute atomic E-state index is 10.6. The highest BCUT2D eigenvalue weighted by Crippen LogP contribution is 2.39. The molecule has 0 aliphatic carbocycles. The van der Waals surface area contributed by atoms with Gasteiger partial charge in [-0.2, -0.15) is 0 Å².